The van der Waals surface area contributed by atoms with Crippen LogP contribution in [0.1, 0.15) is 16.7 Å². The summed E-state index contributed by atoms with van der Waals surface area (Å²) in [5.41, 5.74) is 4.38. The largest absolute Gasteiger partial charge is 0.339 e. The number of nitriles is 1. The Morgan fingerprint density at radius 3 is 2.57 bits per heavy atom. The van der Waals surface area contributed by atoms with Gasteiger partial charge in [0.15, 0.2) is 11.5 Å². The quantitative estimate of drug-likeness (QED) is 0.770. The molecule has 0 spiro atoms. The maximum Gasteiger partial charge on any atom is 0.161 e. The number of nitrogens with one attached hydrogen (secondary N) is 1. The van der Waals surface area contributed by atoms with Gasteiger partial charge in [-0.25, -0.2) is 9.97 Å². The summed E-state index contributed by atoms with van der Waals surface area (Å²) in [7, 11) is 0. The molecule has 4 heteroatoms. The molecule has 0 atom stereocenters. The normalized spacial score (nSPS) is 10.3. The van der Waals surface area contributed by atoms with E-state index in [0.29, 0.717) is 17.0 Å². The molecule has 0 amide bonds. The van der Waals surface area contributed by atoms with Crippen LogP contribution in [0.5, 0.6) is 0 Å². The fraction of sp³-hybridized carbons (Fsp3) is 0.118. The average molecular weight is 274 g/mol. The summed E-state index contributed by atoms with van der Waals surface area (Å²) in [6, 6.07) is 13.9. The molecule has 0 aliphatic heterocycles. The molecule has 0 unspecified atom stereocenters. The van der Waals surface area contributed by atoms with Gasteiger partial charge in [0.05, 0.1) is 5.56 Å². The number of benzene rings is 1. The van der Waals surface area contributed by atoms with Gasteiger partial charge in [-0.15, -0.1) is 0 Å². The second-order valence-corrected chi connectivity index (χ2v) is 5.05. The summed E-state index contributed by atoms with van der Waals surface area (Å²) in [5.74, 6) is 0.536. The summed E-state index contributed by atoms with van der Waals surface area (Å²) < 4.78 is 0. The molecule has 0 aliphatic carbocycles. The molecular weight excluding hydrogens is 260 g/mol. The maximum atomic E-state index is 9.31. The third kappa shape index (κ3) is 2.67. The lowest BCUT2D eigenvalue weighted by molar-refractivity contribution is 1.26. The van der Waals surface area contributed by atoms with Gasteiger partial charge in [-0.2, -0.15) is 5.26 Å². The number of rotatable bonds is 2. The van der Waals surface area contributed by atoms with Crippen LogP contribution >= 0.6 is 0 Å². The van der Waals surface area contributed by atoms with Crippen molar-refractivity contribution in [3.63, 3.8) is 0 Å². The van der Waals surface area contributed by atoms with Crippen molar-refractivity contribution in [2.75, 3.05) is 5.32 Å². The van der Waals surface area contributed by atoms with Crippen molar-refractivity contribution in [3.05, 3.63) is 59.3 Å². The molecule has 0 saturated carbocycles. The first kappa shape index (κ1) is 13.1. The zero-order chi connectivity index (χ0) is 14.8. The van der Waals surface area contributed by atoms with Gasteiger partial charge in [0.25, 0.3) is 0 Å². The van der Waals surface area contributed by atoms with Crippen molar-refractivity contribution in [1.29, 1.82) is 5.26 Å². The molecule has 0 aliphatic rings. The summed E-state index contributed by atoms with van der Waals surface area (Å²) in [6.45, 7) is 4.08. The van der Waals surface area contributed by atoms with Gasteiger partial charge >= 0.3 is 0 Å². The Labute approximate surface area is 123 Å². The highest BCUT2D eigenvalue weighted by Gasteiger charge is 2.08. The van der Waals surface area contributed by atoms with Gasteiger partial charge in [0.2, 0.25) is 0 Å². The van der Waals surface area contributed by atoms with Crippen LogP contribution in [0, 0.1) is 25.2 Å². The van der Waals surface area contributed by atoms with E-state index in [1.165, 1.54) is 0 Å². The minimum atomic E-state index is 0.509. The first-order chi connectivity index (χ1) is 10.2. The van der Waals surface area contributed by atoms with Crippen LogP contribution < -0.4 is 5.32 Å². The van der Waals surface area contributed by atoms with Crippen molar-refractivity contribution in [2.24, 2.45) is 0 Å². The topological polar surface area (TPSA) is 61.6 Å². The zero-order valence-corrected chi connectivity index (χ0v) is 11.9. The molecule has 3 aromatic rings. The zero-order valence-electron chi connectivity index (χ0n) is 11.9. The molecular formula is C17H14N4. The number of aryl methyl sites for hydroxylation is 2. The summed E-state index contributed by atoms with van der Waals surface area (Å²) >= 11 is 0. The van der Waals surface area contributed by atoms with E-state index in [0.717, 1.165) is 22.2 Å². The van der Waals surface area contributed by atoms with Crippen molar-refractivity contribution < 1.29 is 0 Å². The molecule has 0 fully saturated rings. The Bertz CT molecular complexity index is 842. The van der Waals surface area contributed by atoms with Crippen molar-refractivity contribution in [3.8, 4) is 6.07 Å². The van der Waals surface area contributed by atoms with Gasteiger partial charge in [-0.1, -0.05) is 6.07 Å². The van der Waals surface area contributed by atoms with Crippen LogP contribution in [0.15, 0.2) is 42.6 Å². The summed E-state index contributed by atoms with van der Waals surface area (Å²) in [4.78, 5) is 8.69. The van der Waals surface area contributed by atoms with Gasteiger partial charge in [-0.05, 0) is 55.3 Å². The fourth-order valence-corrected chi connectivity index (χ4v) is 2.37. The van der Waals surface area contributed by atoms with Crippen molar-refractivity contribution in [1.82, 2.24) is 9.97 Å². The highest BCUT2D eigenvalue weighted by atomic mass is 15.0. The standard InChI is InChI=1S/C17H14N4/c1-11-6-12(2)8-15(7-11)20-17-14(10-18)9-13-4-3-5-19-16(13)21-17/h3-9H,1-2H3,(H,19,20,21). The van der Waals surface area contributed by atoms with Gasteiger partial charge in [0.1, 0.15) is 6.07 Å². The third-order valence-corrected chi connectivity index (χ3v) is 3.19. The lowest BCUT2D eigenvalue weighted by atomic mass is 10.1. The van der Waals surface area contributed by atoms with Crippen LogP contribution in [0.3, 0.4) is 0 Å². The molecule has 102 valence electrons. The fourth-order valence-electron chi connectivity index (χ4n) is 2.37. The molecule has 0 radical (unpaired) electrons. The second kappa shape index (κ2) is 5.22. The lowest BCUT2D eigenvalue weighted by Crippen LogP contribution is -1.99. The number of hydrogen-bond donors (Lipinski definition) is 1. The Morgan fingerprint density at radius 1 is 1.10 bits per heavy atom. The Balaban J connectivity index is 2.09. The van der Waals surface area contributed by atoms with Gasteiger partial charge in [-0.3, -0.25) is 0 Å². The van der Waals surface area contributed by atoms with E-state index in [1.54, 1.807) is 12.3 Å². The first-order valence-electron chi connectivity index (χ1n) is 6.67. The van der Waals surface area contributed by atoms with E-state index >= 15 is 0 Å². The third-order valence-electron chi connectivity index (χ3n) is 3.19. The Morgan fingerprint density at radius 2 is 1.86 bits per heavy atom. The van der Waals surface area contributed by atoms with Crippen LogP contribution in [-0.2, 0) is 0 Å². The Hall–Kier alpha value is -2.93. The molecule has 4 nitrogen and oxygen atoms in total. The van der Waals surface area contributed by atoms with E-state index in [2.05, 4.69) is 27.4 Å². The summed E-state index contributed by atoms with van der Waals surface area (Å²) in [5, 5.41) is 13.4. The predicted molar refractivity (Wildman–Crippen MR) is 83.5 cm³/mol. The molecule has 21 heavy (non-hydrogen) atoms. The van der Waals surface area contributed by atoms with E-state index in [1.807, 2.05) is 38.1 Å². The Kier molecular flexibility index (Phi) is 3.25. The minimum absolute atomic E-state index is 0.509. The van der Waals surface area contributed by atoms with Gasteiger partial charge < -0.3 is 5.32 Å². The minimum Gasteiger partial charge on any atom is -0.339 e. The second-order valence-electron chi connectivity index (χ2n) is 5.05. The van der Waals surface area contributed by atoms with E-state index < -0.39 is 0 Å². The van der Waals surface area contributed by atoms with Crippen LogP contribution in [-0.4, -0.2) is 9.97 Å². The number of pyridine rings is 2. The number of fused-ring (bicyclic) bond motifs is 1. The summed E-state index contributed by atoms with van der Waals surface area (Å²) in [6.07, 6.45) is 1.70. The molecule has 0 bridgehead atoms. The highest BCUT2D eigenvalue weighted by Crippen LogP contribution is 2.23. The van der Waals surface area contributed by atoms with Crippen LogP contribution in [0.2, 0.25) is 0 Å². The van der Waals surface area contributed by atoms with Crippen molar-refractivity contribution in [2.45, 2.75) is 13.8 Å². The van der Waals surface area contributed by atoms with E-state index in [4.69, 9.17) is 0 Å². The van der Waals surface area contributed by atoms with Crippen LogP contribution in [0.4, 0.5) is 11.5 Å². The molecule has 1 N–H and O–H groups in total. The van der Waals surface area contributed by atoms with E-state index in [9.17, 15) is 5.26 Å². The molecule has 2 aromatic heterocycles. The smallest absolute Gasteiger partial charge is 0.161 e. The predicted octanol–water partition coefficient (Wildman–Crippen LogP) is 3.86. The van der Waals surface area contributed by atoms with Crippen molar-refractivity contribution >= 4 is 22.5 Å². The SMILES string of the molecule is Cc1cc(C)cc(Nc2nc3ncccc3cc2C#N)c1. The lowest BCUT2D eigenvalue weighted by Gasteiger charge is -2.10. The number of nitrogens with zero attached hydrogens (tertiary/aromatic N) is 3. The number of hydrogen-bond acceptors (Lipinski definition) is 4. The van der Waals surface area contributed by atoms with E-state index in [-0.39, 0.29) is 0 Å². The molecule has 0 saturated heterocycles. The van der Waals surface area contributed by atoms with Gasteiger partial charge in [0, 0.05) is 17.3 Å². The first-order valence-corrected chi connectivity index (χ1v) is 6.67. The maximum absolute atomic E-state index is 9.31. The highest BCUT2D eigenvalue weighted by molar-refractivity contribution is 5.80. The average Bonchev–Trinajstić information content (AvgIpc) is 2.45. The molecule has 3 rings (SSSR count). The van der Waals surface area contributed by atoms with Crippen LogP contribution in [0.25, 0.3) is 11.0 Å². The monoisotopic (exact) mass is 274 g/mol. The number of anilines is 2. The number of aromatic nitrogens is 2. The molecule has 1 aromatic carbocycles. The molecule has 2 heterocycles.